The van der Waals surface area contributed by atoms with Gasteiger partial charge in [0.1, 0.15) is 0 Å². The van der Waals surface area contributed by atoms with Gasteiger partial charge in [-0.25, -0.2) is 0 Å². The predicted octanol–water partition coefficient (Wildman–Crippen LogP) is 6.07. The average molecular weight is 425 g/mol. The number of benzene rings is 1. The summed E-state index contributed by atoms with van der Waals surface area (Å²) in [6.07, 6.45) is 0. The maximum Gasteiger partial charge on any atom is 0.0752 e. The molecule has 0 aliphatic carbocycles. The summed E-state index contributed by atoms with van der Waals surface area (Å²) in [7, 11) is 0. The summed E-state index contributed by atoms with van der Waals surface area (Å²) in [6.45, 7) is 2.13. The fourth-order valence-electron chi connectivity index (χ4n) is 1.53. The molecule has 0 aliphatic heterocycles. The fourth-order valence-corrected chi connectivity index (χ4v) is 4.88. The molecule has 0 spiro atoms. The van der Waals surface area contributed by atoms with E-state index in [0.29, 0.717) is 0 Å². The molecule has 0 bridgehead atoms. The highest BCUT2D eigenvalue weighted by Crippen LogP contribution is 2.41. The molecule has 1 heterocycles. The van der Waals surface area contributed by atoms with E-state index >= 15 is 0 Å². The first-order valence-corrected chi connectivity index (χ1v) is 8.11. The molecule has 1 unspecified atom stereocenters. The first-order valence-electron chi connectivity index (χ1n) is 4.73. The summed E-state index contributed by atoms with van der Waals surface area (Å²) in [5.74, 6) is 0. The topological polar surface area (TPSA) is 0 Å². The van der Waals surface area contributed by atoms with Gasteiger partial charge in [0.05, 0.1) is 4.83 Å². The lowest BCUT2D eigenvalue weighted by atomic mass is 10.1. The van der Waals surface area contributed by atoms with E-state index in [1.165, 1.54) is 20.5 Å². The Balaban J connectivity index is 2.46. The van der Waals surface area contributed by atoms with Crippen LogP contribution in [0.4, 0.5) is 0 Å². The Labute approximate surface area is 124 Å². The van der Waals surface area contributed by atoms with Gasteiger partial charge in [-0.1, -0.05) is 44.0 Å². The van der Waals surface area contributed by atoms with Crippen molar-refractivity contribution >= 4 is 59.1 Å². The third-order valence-electron chi connectivity index (χ3n) is 2.46. The minimum Gasteiger partial charge on any atom is -0.146 e. The summed E-state index contributed by atoms with van der Waals surface area (Å²) < 4.78 is 2.32. The number of hydrogen-bond donors (Lipinski definition) is 0. The summed E-state index contributed by atoms with van der Waals surface area (Å²) in [4.78, 5) is 1.56. The predicted molar refractivity (Wildman–Crippen MR) is 81.7 cm³/mol. The van der Waals surface area contributed by atoms with Gasteiger partial charge in [0.2, 0.25) is 0 Å². The van der Waals surface area contributed by atoms with Crippen molar-refractivity contribution in [1.29, 1.82) is 0 Å². The van der Waals surface area contributed by atoms with Crippen LogP contribution in [0.3, 0.4) is 0 Å². The second kappa shape index (κ2) is 5.34. The molecular weight excluding hydrogens is 416 g/mol. The third kappa shape index (κ3) is 2.45. The Hall–Kier alpha value is 0.360. The van der Waals surface area contributed by atoms with Gasteiger partial charge in [0, 0.05) is 13.8 Å². The standard InChI is InChI=1S/C12H9Br3S/c1-7-8(3-2-4-9(7)13)11(15)12-10(14)5-6-16-12/h2-6,11H,1H3. The van der Waals surface area contributed by atoms with Crippen molar-refractivity contribution in [2.45, 2.75) is 11.8 Å². The molecule has 2 rings (SSSR count). The first kappa shape index (κ1) is 12.8. The molecule has 0 nitrogen and oxygen atoms in total. The molecule has 0 amide bonds. The molecular formula is C12H9Br3S. The van der Waals surface area contributed by atoms with Gasteiger partial charge < -0.3 is 0 Å². The Morgan fingerprint density at radius 1 is 1.12 bits per heavy atom. The zero-order valence-electron chi connectivity index (χ0n) is 8.51. The molecule has 0 N–H and O–H groups in total. The Kier molecular flexibility index (Phi) is 4.27. The van der Waals surface area contributed by atoms with Gasteiger partial charge in [-0.3, -0.25) is 0 Å². The van der Waals surface area contributed by atoms with E-state index in [4.69, 9.17) is 0 Å². The average Bonchev–Trinajstić information content (AvgIpc) is 2.68. The number of alkyl halides is 1. The number of halogens is 3. The van der Waals surface area contributed by atoms with Crippen LogP contribution in [-0.4, -0.2) is 0 Å². The van der Waals surface area contributed by atoms with Crippen LogP contribution in [0.25, 0.3) is 0 Å². The van der Waals surface area contributed by atoms with Crippen LogP contribution in [0.2, 0.25) is 0 Å². The summed E-state index contributed by atoms with van der Waals surface area (Å²) in [5.41, 5.74) is 2.59. The molecule has 16 heavy (non-hydrogen) atoms. The van der Waals surface area contributed by atoms with Crippen LogP contribution in [0.5, 0.6) is 0 Å². The zero-order chi connectivity index (χ0) is 11.7. The van der Waals surface area contributed by atoms with Crippen molar-refractivity contribution in [3.05, 3.63) is 54.6 Å². The van der Waals surface area contributed by atoms with E-state index in [9.17, 15) is 0 Å². The highest BCUT2D eigenvalue weighted by Gasteiger charge is 2.17. The minimum atomic E-state index is 0.249. The van der Waals surface area contributed by atoms with Gasteiger partial charge in [-0.2, -0.15) is 0 Å². The maximum atomic E-state index is 3.77. The Morgan fingerprint density at radius 3 is 2.50 bits per heavy atom. The van der Waals surface area contributed by atoms with E-state index in [0.717, 1.165) is 4.47 Å². The maximum absolute atomic E-state index is 3.77. The van der Waals surface area contributed by atoms with Gasteiger partial charge in [0.25, 0.3) is 0 Å². The molecule has 1 aromatic carbocycles. The van der Waals surface area contributed by atoms with Crippen molar-refractivity contribution in [1.82, 2.24) is 0 Å². The number of hydrogen-bond acceptors (Lipinski definition) is 1. The highest BCUT2D eigenvalue weighted by molar-refractivity contribution is 9.11. The molecule has 2 aromatic rings. The Bertz CT molecular complexity index is 505. The SMILES string of the molecule is Cc1c(Br)cccc1C(Br)c1sccc1Br. The van der Waals surface area contributed by atoms with Crippen LogP contribution >= 0.6 is 59.1 Å². The number of thiophene rings is 1. The molecule has 0 saturated carbocycles. The highest BCUT2D eigenvalue weighted by atomic mass is 79.9. The monoisotopic (exact) mass is 422 g/mol. The quantitative estimate of drug-likeness (QED) is 0.513. The molecule has 0 aliphatic rings. The lowest BCUT2D eigenvalue weighted by Gasteiger charge is -2.13. The van der Waals surface area contributed by atoms with E-state index in [1.807, 2.05) is 0 Å². The van der Waals surface area contributed by atoms with Crippen molar-refractivity contribution < 1.29 is 0 Å². The van der Waals surface area contributed by atoms with Crippen molar-refractivity contribution in [3.63, 3.8) is 0 Å². The fraction of sp³-hybridized carbons (Fsp3) is 0.167. The van der Waals surface area contributed by atoms with Crippen LogP contribution in [0, 0.1) is 6.92 Å². The minimum absolute atomic E-state index is 0.249. The van der Waals surface area contributed by atoms with Crippen molar-refractivity contribution in [2.75, 3.05) is 0 Å². The summed E-state index contributed by atoms with van der Waals surface area (Å²) in [5, 5.41) is 2.10. The van der Waals surface area contributed by atoms with Gasteiger partial charge >= 0.3 is 0 Å². The lowest BCUT2D eigenvalue weighted by molar-refractivity contribution is 1.16. The van der Waals surface area contributed by atoms with Crippen LogP contribution in [0.15, 0.2) is 38.6 Å². The van der Waals surface area contributed by atoms with E-state index in [1.54, 1.807) is 11.3 Å². The van der Waals surface area contributed by atoms with E-state index < -0.39 is 0 Å². The van der Waals surface area contributed by atoms with E-state index in [2.05, 4.69) is 84.4 Å². The third-order valence-corrected chi connectivity index (χ3v) is 6.51. The smallest absolute Gasteiger partial charge is 0.0752 e. The normalized spacial score (nSPS) is 12.8. The van der Waals surface area contributed by atoms with Gasteiger partial charge in [-0.05, 0) is 51.5 Å². The van der Waals surface area contributed by atoms with Crippen LogP contribution in [0.1, 0.15) is 20.8 Å². The zero-order valence-corrected chi connectivity index (χ0v) is 14.1. The molecule has 84 valence electrons. The second-order valence-corrected chi connectivity index (χ2v) is 7.02. The largest absolute Gasteiger partial charge is 0.146 e. The lowest BCUT2D eigenvalue weighted by Crippen LogP contribution is -1.94. The number of rotatable bonds is 2. The van der Waals surface area contributed by atoms with Crippen molar-refractivity contribution in [2.24, 2.45) is 0 Å². The molecule has 1 aromatic heterocycles. The Morgan fingerprint density at radius 2 is 1.88 bits per heavy atom. The van der Waals surface area contributed by atoms with Crippen molar-refractivity contribution in [3.8, 4) is 0 Å². The first-order chi connectivity index (χ1) is 7.61. The molecule has 0 radical (unpaired) electrons. The van der Waals surface area contributed by atoms with E-state index in [-0.39, 0.29) is 4.83 Å². The summed E-state index contributed by atoms with van der Waals surface area (Å²) in [6, 6.07) is 8.39. The van der Waals surface area contributed by atoms with Gasteiger partial charge in [0.15, 0.2) is 0 Å². The second-order valence-electron chi connectivity index (χ2n) is 3.45. The van der Waals surface area contributed by atoms with Crippen LogP contribution < -0.4 is 0 Å². The molecule has 1 atom stereocenters. The molecule has 4 heteroatoms. The van der Waals surface area contributed by atoms with Gasteiger partial charge in [-0.15, -0.1) is 11.3 Å². The molecule has 0 fully saturated rings. The van der Waals surface area contributed by atoms with Crippen LogP contribution in [-0.2, 0) is 0 Å². The summed E-state index contributed by atoms with van der Waals surface area (Å²) >= 11 is 12.7. The molecule has 0 saturated heterocycles.